The smallest absolute Gasteiger partial charge is 0.151 e. The van der Waals surface area contributed by atoms with Crippen LogP contribution in [0.1, 0.15) is 12.5 Å². The Morgan fingerprint density at radius 3 is 2.79 bits per heavy atom. The lowest BCUT2D eigenvalue weighted by molar-refractivity contribution is 0.581. The number of nitrogens with zero attached hydrogens (tertiary/aromatic N) is 2. The highest BCUT2D eigenvalue weighted by Crippen LogP contribution is 1.97. The molecule has 0 aromatic carbocycles. The van der Waals surface area contributed by atoms with Gasteiger partial charge in [0, 0.05) is 24.1 Å². The molecule has 1 heterocycles. The Bertz CT molecular complexity index is 383. The zero-order valence-electron chi connectivity index (χ0n) is 8.18. The van der Waals surface area contributed by atoms with Crippen molar-refractivity contribution in [3.05, 3.63) is 18.0 Å². The highest BCUT2D eigenvalue weighted by molar-refractivity contribution is 7.91. The molecule has 0 amide bonds. The van der Waals surface area contributed by atoms with Gasteiger partial charge < -0.3 is 5.73 Å². The molecule has 80 valence electrons. The van der Waals surface area contributed by atoms with E-state index in [0.29, 0.717) is 13.1 Å². The SMILES string of the molecule is CCS(=O)(=O)CCn1cc(CN)cn1. The van der Waals surface area contributed by atoms with Crippen LogP contribution in [0.4, 0.5) is 0 Å². The average Bonchev–Trinajstić information content (AvgIpc) is 2.63. The minimum absolute atomic E-state index is 0.134. The van der Waals surface area contributed by atoms with Crippen molar-refractivity contribution in [1.82, 2.24) is 9.78 Å². The van der Waals surface area contributed by atoms with Crippen molar-refractivity contribution >= 4 is 9.84 Å². The quantitative estimate of drug-likeness (QED) is 0.739. The van der Waals surface area contributed by atoms with Crippen molar-refractivity contribution in [2.75, 3.05) is 11.5 Å². The van der Waals surface area contributed by atoms with Gasteiger partial charge in [-0.1, -0.05) is 6.92 Å². The first-order valence-electron chi connectivity index (χ1n) is 4.49. The van der Waals surface area contributed by atoms with Crippen LogP contribution >= 0.6 is 0 Å². The van der Waals surface area contributed by atoms with Gasteiger partial charge in [-0.3, -0.25) is 4.68 Å². The third kappa shape index (κ3) is 3.12. The average molecular weight is 217 g/mol. The summed E-state index contributed by atoms with van der Waals surface area (Å²) in [5.74, 6) is 0.313. The number of aromatic nitrogens is 2. The summed E-state index contributed by atoms with van der Waals surface area (Å²) in [5, 5.41) is 4.00. The Labute approximate surface area is 83.8 Å². The third-order valence-corrected chi connectivity index (χ3v) is 3.68. The molecule has 0 saturated carbocycles. The number of sulfone groups is 1. The first-order chi connectivity index (χ1) is 6.57. The van der Waals surface area contributed by atoms with E-state index in [2.05, 4.69) is 5.10 Å². The zero-order chi connectivity index (χ0) is 10.6. The summed E-state index contributed by atoms with van der Waals surface area (Å²) in [6, 6.07) is 0. The molecule has 0 bridgehead atoms. The molecule has 0 aliphatic heterocycles. The van der Waals surface area contributed by atoms with E-state index in [9.17, 15) is 8.42 Å². The molecular formula is C8H15N3O2S. The van der Waals surface area contributed by atoms with Crippen LogP contribution in [0.15, 0.2) is 12.4 Å². The van der Waals surface area contributed by atoms with E-state index in [4.69, 9.17) is 5.73 Å². The van der Waals surface area contributed by atoms with Gasteiger partial charge >= 0.3 is 0 Å². The molecule has 1 aromatic heterocycles. The molecule has 5 nitrogen and oxygen atoms in total. The van der Waals surface area contributed by atoms with Gasteiger partial charge in [0.25, 0.3) is 0 Å². The second-order valence-corrected chi connectivity index (χ2v) is 5.52. The molecule has 2 N–H and O–H groups in total. The van der Waals surface area contributed by atoms with Crippen molar-refractivity contribution in [2.24, 2.45) is 5.73 Å². The van der Waals surface area contributed by atoms with E-state index >= 15 is 0 Å². The van der Waals surface area contributed by atoms with Crippen molar-refractivity contribution in [3.8, 4) is 0 Å². The number of nitrogens with two attached hydrogens (primary N) is 1. The number of hydrogen-bond donors (Lipinski definition) is 1. The predicted molar refractivity (Wildman–Crippen MR) is 54.4 cm³/mol. The second kappa shape index (κ2) is 4.56. The largest absolute Gasteiger partial charge is 0.326 e. The molecule has 1 aromatic rings. The fourth-order valence-corrected chi connectivity index (χ4v) is 1.76. The van der Waals surface area contributed by atoms with Gasteiger partial charge in [-0.15, -0.1) is 0 Å². The Morgan fingerprint density at radius 2 is 2.29 bits per heavy atom. The molecule has 14 heavy (non-hydrogen) atoms. The summed E-state index contributed by atoms with van der Waals surface area (Å²) in [4.78, 5) is 0. The van der Waals surface area contributed by atoms with Gasteiger partial charge in [0.15, 0.2) is 9.84 Å². The molecule has 1 rings (SSSR count). The Morgan fingerprint density at radius 1 is 1.57 bits per heavy atom. The molecule has 0 unspecified atom stereocenters. The molecule has 6 heteroatoms. The first kappa shape index (κ1) is 11.2. The Kier molecular flexibility index (Phi) is 3.65. The minimum atomic E-state index is -2.91. The highest BCUT2D eigenvalue weighted by atomic mass is 32.2. The van der Waals surface area contributed by atoms with Crippen LogP contribution in [0.3, 0.4) is 0 Å². The highest BCUT2D eigenvalue weighted by Gasteiger charge is 2.07. The van der Waals surface area contributed by atoms with Crippen LogP contribution in [0, 0.1) is 0 Å². The van der Waals surface area contributed by atoms with E-state index in [1.54, 1.807) is 24.0 Å². The Hall–Kier alpha value is -0.880. The minimum Gasteiger partial charge on any atom is -0.326 e. The van der Waals surface area contributed by atoms with Crippen molar-refractivity contribution < 1.29 is 8.42 Å². The van der Waals surface area contributed by atoms with E-state index in [1.165, 1.54) is 0 Å². The summed E-state index contributed by atoms with van der Waals surface area (Å²) < 4.78 is 24.0. The van der Waals surface area contributed by atoms with Gasteiger partial charge in [0.2, 0.25) is 0 Å². The zero-order valence-corrected chi connectivity index (χ0v) is 9.00. The van der Waals surface area contributed by atoms with Gasteiger partial charge in [-0.2, -0.15) is 5.10 Å². The lowest BCUT2D eigenvalue weighted by atomic mass is 10.4. The number of rotatable bonds is 5. The van der Waals surface area contributed by atoms with Gasteiger partial charge in [-0.05, 0) is 0 Å². The normalized spacial score (nSPS) is 11.9. The molecule has 0 aliphatic carbocycles. The maximum Gasteiger partial charge on any atom is 0.151 e. The maximum atomic E-state index is 11.2. The van der Waals surface area contributed by atoms with Crippen LogP contribution < -0.4 is 5.73 Å². The van der Waals surface area contributed by atoms with E-state index < -0.39 is 9.84 Å². The van der Waals surface area contributed by atoms with Crippen molar-refractivity contribution in [3.63, 3.8) is 0 Å². The monoisotopic (exact) mass is 217 g/mol. The summed E-state index contributed by atoms with van der Waals surface area (Å²) in [6.07, 6.45) is 3.42. The summed E-state index contributed by atoms with van der Waals surface area (Å²) in [5.41, 5.74) is 6.32. The van der Waals surface area contributed by atoms with Crippen molar-refractivity contribution in [1.29, 1.82) is 0 Å². The fourth-order valence-electron chi connectivity index (χ4n) is 1.01. The second-order valence-electron chi connectivity index (χ2n) is 3.05. The standard InChI is InChI=1S/C8H15N3O2S/c1-2-14(12,13)4-3-11-7-8(5-9)6-10-11/h6-7H,2-5,9H2,1H3. The lowest BCUT2D eigenvalue weighted by Gasteiger charge is -2.01. The van der Waals surface area contributed by atoms with E-state index in [1.807, 2.05) is 0 Å². The summed E-state index contributed by atoms with van der Waals surface area (Å²) in [7, 11) is -2.91. The molecule has 0 spiro atoms. The number of aryl methyl sites for hydroxylation is 1. The molecular weight excluding hydrogens is 202 g/mol. The van der Waals surface area contributed by atoms with E-state index in [-0.39, 0.29) is 11.5 Å². The van der Waals surface area contributed by atoms with Crippen LogP contribution in [0.2, 0.25) is 0 Å². The van der Waals surface area contributed by atoms with Gasteiger partial charge in [0.1, 0.15) is 0 Å². The third-order valence-electron chi connectivity index (χ3n) is 1.99. The molecule has 0 aliphatic rings. The van der Waals surface area contributed by atoms with Crippen LogP contribution in [0.5, 0.6) is 0 Å². The topological polar surface area (TPSA) is 78.0 Å². The number of hydrogen-bond acceptors (Lipinski definition) is 4. The fraction of sp³-hybridized carbons (Fsp3) is 0.625. The molecule has 0 saturated heterocycles. The summed E-state index contributed by atoms with van der Waals surface area (Å²) >= 11 is 0. The Balaban J connectivity index is 2.54. The first-order valence-corrected chi connectivity index (χ1v) is 6.31. The molecule has 0 radical (unpaired) electrons. The summed E-state index contributed by atoms with van der Waals surface area (Å²) in [6.45, 7) is 2.47. The van der Waals surface area contributed by atoms with Crippen LogP contribution in [0.25, 0.3) is 0 Å². The van der Waals surface area contributed by atoms with Gasteiger partial charge in [-0.25, -0.2) is 8.42 Å². The van der Waals surface area contributed by atoms with Crippen LogP contribution in [-0.2, 0) is 22.9 Å². The molecule has 0 atom stereocenters. The van der Waals surface area contributed by atoms with Gasteiger partial charge in [0.05, 0.1) is 18.5 Å². The van der Waals surface area contributed by atoms with E-state index in [0.717, 1.165) is 5.56 Å². The maximum absolute atomic E-state index is 11.2. The lowest BCUT2D eigenvalue weighted by Crippen LogP contribution is -2.14. The predicted octanol–water partition coefficient (Wildman–Crippen LogP) is -0.223. The van der Waals surface area contributed by atoms with Crippen molar-refractivity contribution in [2.45, 2.75) is 20.0 Å². The molecule has 0 fully saturated rings. The van der Waals surface area contributed by atoms with Crippen LogP contribution in [-0.4, -0.2) is 29.7 Å².